The van der Waals surface area contributed by atoms with Gasteiger partial charge in [-0.1, -0.05) is 29.3 Å². The quantitative estimate of drug-likeness (QED) is 0.856. The van der Waals surface area contributed by atoms with E-state index in [1.54, 1.807) is 12.1 Å². The highest BCUT2D eigenvalue weighted by molar-refractivity contribution is 6.42. The Morgan fingerprint density at radius 1 is 1.40 bits per heavy atom. The number of likely N-dealkylation sites (tertiary alicyclic amines) is 1. The molecule has 1 amide bonds. The molecule has 0 unspecified atom stereocenters. The summed E-state index contributed by atoms with van der Waals surface area (Å²) in [5.41, 5.74) is 0.903. The Hall–Kier alpha value is -0.770. The molecule has 5 heteroatoms. The molecule has 1 atom stereocenters. The van der Waals surface area contributed by atoms with E-state index in [1.807, 2.05) is 18.0 Å². The van der Waals surface area contributed by atoms with Gasteiger partial charge < -0.3 is 9.80 Å². The number of piperidine rings is 1. The Balaban J connectivity index is 1.98. The van der Waals surface area contributed by atoms with Crippen molar-refractivity contribution in [1.82, 2.24) is 9.80 Å². The van der Waals surface area contributed by atoms with Crippen LogP contribution < -0.4 is 0 Å². The molecule has 20 heavy (non-hydrogen) atoms. The van der Waals surface area contributed by atoms with E-state index in [-0.39, 0.29) is 5.91 Å². The fourth-order valence-corrected chi connectivity index (χ4v) is 2.93. The number of rotatable bonds is 3. The molecule has 2 rings (SSSR count). The lowest BCUT2D eigenvalue weighted by Crippen LogP contribution is -2.47. The molecule has 1 saturated heterocycles. The second-order valence-corrected chi connectivity index (χ2v) is 6.30. The highest BCUT2D eigenvalue weighted by Crippen LogP contribution is 2.23. The smallest absolute Gasteiger partial charge is 0.227 e. The van der Waals surface area contributed by atoms with Crippen molar-refractivity contribution in [3.8, 4) is 0 Å². The van der Waals surface area contributed by atoms with Gasteiger partial charge in [0.1, 0.15) is 0 Å². The van der Waals surface area contributed by atoms with Crippen LogP contribution in [0.25, 0.3) is 0 Å². The molecule has 1 aromatic rings. The Kier molecular flexibility index (Phi) is 5.30. The van der Waals surface area contributed by atoms with Crippen LogP contribution in [0.4, 0.5) is 0 Å². The second-order valence-electron chi connectivity index (χ2n) is 5.49. The lowest BCUT2D eigenvalue weighted by atomic mass is 10.0. The van der Waals surface area contributed by atoms with Crippen LogP contribution in [0.5, 0.6) is 0 Å². The maximum Gasteiger partial charge on any atom is 0.227 e. The third-order valence-electron chi connectivity index (χ3n) is 3.88. The average Bonchev–Trinajstić information content (AvgIpc) is 2.42. The molecule has 0 bridgehead atoms. The van der Waals surface area contributed by atoms with Crippen LogP contribution in [0.1, 0.15) is 18.4 Å². The average molecular weight is 315 g/mol. The lowest BCUT2D eigenvalue weighted by Gasteiger charge is -2.36. The van der Waals surface area contributed by atoms with Gasteiger partial charge in [0.15, 0.2) is 0 Å². The number of benzene rings is 1. The summed E-state index contributed by atoms with van der Waals surface area (Å²) < 4.78 is 0. The third-order valence-corrected chi connectivity index (χ3v) is 4.62. The maximum absolute atomic E-state index is 12.3. The van der Waals surface area contributed by atoms with Crippen molar-refractivity contribution in [3.63, 3.8) is 0 Å². The first-order valence-corrected chi connectivity index (χ1v) is 7.61. The fraction of sp³-hybridized carbons (Fsp3) is 0.533. The van der Waals surface area contributed by atoms with Crippen molar-refractivity contribution in [2.45, 2.75) is 25.3 Å². The van der Waals surface area contributed by atoms with Gasteiger partial charge in [0, 0.05) is 19.6 Å². The summed E-state index contributed by atoms with van der Waals surface area (Å²) in [7, 11) is 3.99. The minimum atomic E-state index is 0.128. The van der Waals surface area contributed by atoms with E-state index >= 15 is 0 Å². The SMILES string of the molecule is CN1CCC[C@@H](N(C)C(=O)Cc2ccc(Cl)c(Cl)c2)C1. The van der Waals surface area contributed by atoms with Crippen molar-refractivity contribution >= 4 is 29.1 Å². The van der Waals surface area contributed by atoms with E-state index in [1.165, 1.54) is 0 Å². The molecule has 0 aromatic heterocycles. The van der Waals surface area contributed by atoms with E-state index in [0.29, 0.717) is 22.5 Å². The van der Waals surface area contributed by atoms with E-state index in [2.05, 4.69) is 11.9 Å². The normalized spacial score (nSPS) is 19.9. The van der Waals surface area contributed by atoms with Crippen LogP contribution in [0, 0.1) is 0 Å². The van der Waals surface area contributed by atoms with Crippen LogP contribution in [-0.2, 0) is 11.2 Å². The number of carbonyl (C=O) groups excluding carboxylic acids is 1. The van der Waals surface area contributed by atoms with Crippen molar-refractivity contribution in [3.05, 3.63) is 33.8 Å². The molecular weight excluding hydrogens is 295 g/mol. The molecular formula is C15H20Cl2N2O. The summed E-state index contributed by atoms with van der Waals surface area (Å²) in [6.07, 6.45) is 2.59. The van der Waals surface area contributed by atoms with Gasteiger partial charge in [-0.15, -0.1) is 0 Å². The van der Waals surface area contributed by atoms with Gasteiger partial charge >= 0.3 is 0 Å². The molecule has 0 saturated carbocycles. The minimum absolute atomic E-state index is 0.128. The molecule has 1 fully saturated rings. The predicted molar refractivity (Wildman–Crippen MR) is 83.5 cm³/mol. The van der Waals surface area contributed by atoms with Crippen molar-refractivity contribution in [1.29, 1.82) is 0 Å². The van der Waals surface area contributed by atoms with Crippen molar-refractivity contribution in [2.24, 2.45) is 0 Å². The van der Waals surface area contributed by atoms with Gasteiger partial charge in [-0.2, -0.15) is 0 Å². The van der Waals surface area contributed by atoms with Gasteiger partial charge in [-0.05, 0) is 44.1 Å². The summed E-state index contributed by atoms with van der Waals surface area (Å²) in [5, 5.41) is 1.02. The van der Waals surface area contributed by atoms with Crippen LogP contribution in [0.15, 0.2) is 18.2 Å². The first kappa shape index (κ1) is 15.6. The Morgan fingerprint density at radius 2 is 2.15 bits per heavy atom. The van der Waals surface area contributed by atoms with Crippen molar-refractivity contribution < 1.29 is 4.79 Å². The standard InChI is InChI=1S/C15H20Cl2N2O/c1-18-7-3-4-12(10-18)19(2)15(20)9-11-5-6-13(16)14(17)8-11/h5-6,8,12H,3-4,7,9-10H2,1-2H3/t12-/m1/s1. The number of likely N-dealkylation sites (N-methyl/N-ethyl adjacent to an activating group) is 2. The molecule has 1 aliphatic heterocycles. The second kappa shape index (κ2) is 6.79. The monoisotopic (exact) mass is 314 g/mol. The number of hydrogen-bond acceptors (Lipinski definition) is 2. The zero-order chi connectivity index (χ0) is 14.7. The molecule has 1 aromatic carbocycles. The molecule has 0 N–H and O–H groups in total. The summed E-state index contributed by atoms with van der Waals surface area (Å²) in [6, 6.07) is 5.67. The van der Waals surface area contributed by atoms with E-state index in [0.717, 1.165) is 31.5 Å². The van der Waals surface area contributed by atoms with Crippen LogP contribution in [0.3, 0.4) is 0 Å². The van der Waals surface area contributed by atoms with E-state index in [9.17, 15) is 4.79 Å². The van der Waals surface area contributed by atoms with Gasteiger partial charge in [-0.3, -0.25) is 4.79 Å². The molecule has 0 radical (unpaired) electrons. The Morgan fingerprint density at radius 3 is 2.80 bits per heavy atom. The summed E-state index contributed by atoms with van der Waals surface area (Å²) in [5.74, 6) is 0.128. The highest BCUT2D eigenvalue weighted by atomic mass is 35.5. The van der Waals surface area contributed by atoms with E-state index in [4.69, 9.17) is 23.2 Å². The van der Waals surface area contributed by atoms with E-state index < -0.39 is 0 Å². The van der Waals surface area contributed by atoms with Gasteiger partial charge in [-0.25, -0.2) is 0 Å². The van der Waals surface area contributed by atoms with Crippen molar-refractivity contribution in [2.75, 3.05) is 27.2 Å². The maximum atomic E-state index is 12.3. The van der Waals surface area contributed by atoms with Crippen LogP contribution in [-0.4, -0.2) is 48.9 Å². The minimum Gasteiger partial charge on any atom is -0.341 e. The zero-order valence-corrected chi connectivity index (χ0v) is 13.4. The Bertz CT molecular complexity index is 493. The number of carbonyl (C=O) groups is 1. The molecule has 1 heterocycles. The van der Waals surface area contributed by atoms with Gasteiger partial charge in [0.05, 0.1) is 16.5 Å². The zero-order valence-electron chi connectivity index (χ0n) is 11.9. The summed E-state index contributed by atoms with van der Waals surface area (Å²) in [6.45, 7) is 2.06. The number of halogens is 2. The highest BCUT2D eigenvalue weighted by Gasteiger charge is 2.24. The largest absolute Gasteiger partial charge is 0.341 e. The third kappa shape index (κ3) is 3.87. The number of nitrogens with zero attached hydrogens (tertiary/aromatic N) is 2. The summed E-state index contributed by atoms with van der Waals surface area (Å²) >= 11 is 11.9. The lowest BCUT2D eigenvalue weighted by molar-refractivity contribution is -0.132. The molecule has 1 aliphatic rings. The summed E-state index contributed by atoms with van der Waals surface area (Å²) in [4.78, 5) is 16.5. The number of amides is 1. The molecule has 3 nitrogen and oxygen atoms in total. The molecule has 0 spiro atoms. The predicted octanol–water partition coefficient (Wildman–Crippen LogP) is 3.09. The first-order chi connectivity index (χ1) is 9.47. The number of hydrogen-bond donors (Lipinski definition) is 0. The first-order valence-electron chi connectivity index (χ1n) is 6.85. The van der Waals surface area contributed by atoms with Gasteiger partial charge in [0.25, 0.3) is 0 Å². The molecule has 0 aliphatic carbocycles. The van der Waals surface area contributed by atoms with Crippen LogP contribution in [0.2, 0.25) is 10.0 Å². The Labute approximate surface area is 130 Å². The topological polar surface area (TPSA) is 23.6 Å². The van der Waals surface area contributed by atoms with Crippen LogP contribution >= 0.6 is 23.2 Å². The molecule has 110 valence electrons. The fourth-order valence-electron chi connectivity index (χ4n) is 2.61. The van der Waals surface area contributed by atoms with Gasteiger partial charge in [0.2, 0.25) is 5.91 Å².